The van der Waals surface area contributed by atoms with Crippen LogP contribution in [0.1, 0.15) is 227 Å². The third-order valence-electron chi connectivity index (χ3n) is 8.91. The van der Waals surface area contributed by atoms with E-state index >= 15 is 0 Å². The Bertz CT molecular complexity index is 1470. The van der Waals surface area contributed by atoms with Gasteiger partial charge in [0.25, 0.3) is 0 Å². The van der Waals surface area contributed by atoms with Crippen LogP contribution in [0.5, 0.6) is 11.5 Å². The quantitative estimate of drug-likeness (QED) is 0.196. The standard InChI is InChI=1S/2C14H22O.C12H12P2.2C5H12.4C2H6/c2*1-13(2,3)10-7-8-12(15)11(9-10)14(4,5)6;13-11-5-1-9(2-6-11)10-3-7-12(14)8-4-10;2*1-3-5-4-2;4*1-2/h2*7-9,15H,1-6H3;1-8H,13-14H2;2*3-5H2,1-2H3;4*1-2H3. The number of rotatable bonds is 5. The Morgan fingerprint density at radius 3 is 0.742 bits per heavy atom. The summed E-state index contributed by atoms with van der Waals surface area (Å²) in [6.45, 7) is 50.7. The Kier molecular flexibility index (Phi) is 41.6. The van der Waals surface area contributed by atoms with Crippen LogP contribution in [0, 0.1) is 0 Å². The first-order valence-electron chi connectivity index (χ1n) is 24.2. The van der Waals surface area contributed by atoms with Crippen LogP contribution in [0.25, 0.3) is 11.1 Å². The van der Waals surface area contributed by atoms with Crippen molar-refractivity contribution in [2.75, 3.05) is 0 Å². The number of hydrogen-bond acceptors (Lipinski definition) is 2. The lowest BCUT2D eigenvalue weighted by molar-refractivity contribution is 0.444. The zero-order chi connectivity index (χ0) is 49.9. The van der Waals surface area contributed by atoms with Gasteiger partial charge in [0, 0.05) is 0 Å². The summed E-state index contributed by atoms with van der Waals surface area (Å²) in [7, 11) is 5.39. The second kappa shape index (κ2) is 37.7. The van der Waals surface area contributed by atoms with Crippen molar-refractivity contribution in [3.05, 3.63) is 107 Å². The van der Waals surface area contributed by atoms with E-state index in [1.807, 2.05) is 67.5 Å². The van der Waals surface area contributed by atoms with Gasteiger partial charge in [0.2, 0.25) is 0 Å². The van der Waals surface area contributed by atoms with E-state index in [2.05, 4.69) is 190 Å². The third-order valence-corrected chi connectivity index (χ3v) is 9.68. The molecule has 0 spiro atoms. The summed E-state index contributed by atoms with van der Waals surface area (Å²) in [5.41, 5.74) is 7.36. The number of hydrogen-bond donors (Lipinski definition) is 2. The average Bonchev–Trinajstić information content (AvgIpc) is 3.22. The zero-order valence-electron chi connectivity index (χ0n) is 45.4. The fraction of sp³-hybridized carbons (Fsp3) is 0.586. The van der Waals surface area contributed by atoms with E-state index in [0.29, 0.717) is 11.5 Å². The first kappa shape index (κ1) is 68.4. The molecule has 4 aromatic carbocycles. The van der Waals surface area contributed by atoms with Crippen molar-refractivity contribution in [3.63, 3.8) is 0 Å². The smallest absolute Gasteiger partial charge is 0.119 e. The molecule has 358 valence electrons. The molecule has 0 bridgehead atoms. The van der Waals surface area contributed by atoms with E-state index in [-0.39, 0.29) is 21.7 Å². The summed E-state index contributed by atoms with van der Waals surface area (Å²) in [6.07, 6.45) is 8.15. The van der Waals surface area contributed by atoms with Crippen LogP contribution in [0.2, 0.25) is 0 Å². The molecule has 0 aliphatic heterocycles. The van der Waals surface area contributed by atoms with Gasteiger partial charge < -0.3 is 10.2 Å². The van der Waals surface area contributed by atoms with Gasteiger partial charge in [-0.05, 0) is 77.8 Å². The van der Waals surface area contributed by atoms with E-state index in [1.54, 1.807) is 12.1 Å². The molecule has 2 nitrogen and oxygen atoms in total. The molecule has 2 atom stereocenters. The number of unbranched alkanes of at least 4 members (excludes halogenated alkanes) is 4. The molecule has 0 amide bonds. The molecular formula is C58H104O2P2. The molecule has 2 unspecified atom stereocenters. The molecule has 0 fully saturated rings. The van der Waals surface area contributed by atoms with Gasteiger partial charge in [0.05, 0.1) is 0 Å². The van der Waals surface area contributed by atoms with Crippen molar-refractivity contribution < 1.29 is 10.2 Å². The predicted molar refractivity (Wildman–Crippen MR) is 297 cm³/mol. The van der Waals surface area contributed by atoms with Crippen LogP contribution < -0.4 is 10.6 Å². The molecule has 4 heteroatoms. The molecule has 0 radical (unpaired) electrons. The lowest BCUT2D eigenvalue weighted by atomic mass is 9.80. The van der Waals surface area contributed by atoms with Gasteiger partial charge in [0.15, 0.2) is 0 Å². The minimum atomic E-state index is -0.00859. The van der Waals surface area contributed by atoms with Crippen LogP contribution in [0.4, 0.5) is 0 Å². The largest absolute Gasteiger partial charge is 0.508 e. The SMILES string of the molecule is CC.CC.CC.CC.CC(C)(C)c1ccc(O)c(C(C)(C)C)c1.CC(C)(C)c1ccc(O)c(C(C)(C)C)c1.CCCCC.CCCCC.Pc1ccc(-c2ccc(P)cc2)cc1. The van der Waals surface area contributed by atoms with Crippen molar-refractivity contribution in [1.29, 1.82) is 0 Å². The van der Waals surface area contributed by atoms with Gasteiger partial charge in [-0.3, -0.25) is 0 Å². The lowest BCUT2D eigenvalue weighted by Gasteiger charge is -2.25. The molecule has 0 saturated carbocycles. The van der Waals surface area contributed by atoms with Crippen molar-refractivity contribution in [2.24, 2.45) is 0 Å². The minimum Gasteiger partial charge on any atom is -0.508 e. The van der Waals surface area contributed by atoms with Gasteiger partial charge in [-0.1, -0.05) is 277 Å². The summed E-state index contributed by atoms with van der Waals surface area (Å²) in [5, 5.41) is 22.1. The summed E-state index contributed by atoms with van der Waals surface area (Å²) in [4.78, 5) is 0. The normalized spacial score (nSPS) is 10.3. The highest BCUT2D eigenvalue weighted by atomic mass is 31.0. The number of phenols is 2. The summed E-state index contributed by atoms with van der Waals surface area (Å²) < 4.78 is 0. The van der Waals surface area contributed by atoms with Gasteiger partial charge in [0.1, 0.15) is 11.5 Å². The van der Waals surface area contributed by atoms with Crippen molar-refractivity contribution in [1.82, 2.24) is 0 Å². The van der Waals surface area contributed by atoms with E-state index in [9.17, 15) is 10.2 Å². The van der Waals surface area contributed by atoms with Crippen LogP contribution >= 0.6 is 18.5 Å². The van der Waals surface area contributed by atoms with E-state index in [1.165, 1.54) is 71.4 Å². The fourth-order valence-electron chi connectivity index (χ4n) is 5.26. The van der Waals surface area contributed by atoms with Crippen molar-refractivity contribution in [2.45, 2.75) is 226 Å². The molecular weight excluding hydrogens is 791 g/mol. The number of phenolic OH excluding ortho intramolecular Hbond substituents is 2. The van der Waals surface area contributed by atoms with Crippen LogP contribution in [-0.4, -0.2) is 10.2 Å². The second-order valence-corrected chi connectivity index (χ2v) is 19.7. The molecule has 4 rings (SSSR count). The Morgan fingerprint density at radius 1 is 0.355 bits per heavy atom. The fourth-order valence-corrected chi connectivity index (χ4v) is 5.65. The van der Waals surface area contributed by atoms with Gasteiger partial charge in [-0.2, -0.15) is 0 Å². The maximum atomic E-state index is 9.84. The molecule has 0 heterocycles. The molecule has 0 aromatic heterocycles. The lowest BCUT2D eigenvalue weighted by Crippen LogP contribution is -2.16. The summed E-state index contributed by atoms with van der Waals surface area (Å²) in [6, 6.07) is 28.8. The Morgan fingerprint density at radius 2 is 0.581 bits per heavy atom. The molecule has 2 N–H and O–H groups in total. The van der Waals surface area contributed by atoms with Gasteiger partial charge >= 0.3 is 0 Å². The number of benzene rings is 4. The van der Waals surface area contributed by atoms with Crippen LogP contribution in [0.3, 0.4) is 0 Å². The monoisotopic (exact) mass is 895 g/mol. The van der Waals surface area contributed by atoms with Crippen LogP contribution in [-0.2, 0) is 21.7 Å². The Hall–Kier alpha value is -2.66. The van der Waals surface area contributed by atoms with E-state index < -0.39 is 0 Å². The van der Waals surface area contributed by atoms with E-state index in [0.717, 1.165) is 11.1 Å². The first-order valence-corrected chi connectivity index (χ1v) is 25.4. The van der Waals surface area contributed by atoms with Crippen molar-refractivity contribution in [3.8, 4) is 22.6 Å². The Labute approximate surface area is 393 Å². The molecule has 0 saturated heterocycles. The average molecular weight is 895 g/mol. The molecule has 4 aromatic rings. The van der Waals surface area contributed by atoms with E-state index in [4.69, 9.17) is 0 Å². The maximum absolute atomic E-state index is 9.84. The summed E-state index contributed by atoms with van der Waals surface area (Å²) >= 11 is 0. The highest BCUT2D eigenvalue weighted by molar-refractivity contribution is 7.27. The molecule has 0 aliphatic rings. The van der Waals surface area contributed by atoms with Crippen LogP contribution in [0.15, 0.2) is 84.9 Å². The highest BCUT2D eigenvalue weighted by Gasteiger charge is 2.23. The highest BCUT2D eigenvalue weighted by Crippen LogP contribution is 2.35. The summed E-state index contributed by atoms with van der Waals surface area (Å²) in [5.74, 6) is 0.797. The second-order valence-electron chi connectivity index (χ2n) is 18.4. The zero-order valence-corrected chi connectivity index (χ0v) is 47.7. The van der Waals surface area contributed by atoms with Crippen molar-refractivity contribution >= 4 is 29.1 Å². The third kappa shape index (κ3) is 32.1. The Balaban J connectivity index is -0.000000220. The first-order chi connectivity index (χ1) is 28.8. The predicted octanol–water partition coefficient (Wildman–Crippen LogP) is 18.8. The molecule has 62 heavy (non-hydrogen) atoms. The topological polar surface area (TPSA) is 40.5 Å². The molecule has 0 aliphatic carbocycles. The minimum absolute atomic E-state index is 0.00859. The van der Waals surface area contributed by atoms with Gasteiger partial charge in [-0.25, -0.2) is 0 Å². The maximum Gasteiger partial charge on any atom is 0.119 e. The van der Waals surface area contributed by atoms with Gasteiger partial charge in [-0.15, -0.1) is 18.5 Å². The number of aromatic hydroxyl groups is 2.